The van der Waals surface area contributed by atoms with Gasteiger partial charge in [-0.3, -0.25) is 14.9 Å². The van der Waals surface area contributed by atoms with Crippen molar-refractivity contribution in [1.29, 1.82) is 0 Å². The molecule has 0 spiro atoms. The molecular weight excluding hydrogens is 326 g/mol. The topological polar surface area (TPSA) is 103 Å². The predicted molar refractivity (Wildman–Crippen MR) is 92.1 cm³/mol. The number of hydrogen-bond donors (Lipinski definition) is 1. The van der Waals surface area contributed by atoms with Gasteiger partial charge in [-0.2, -0.15) is 5.10 Å². The first-order chi connectivity index (χ1) is 12.0. The third-order valence-corrected chi connectivity index (χ3v) is 3.35. The zero-order valence-electron chi connectivity index (χ0n) is 13.8. The molecule has 0 radical (unpaired) electrons. The Labute approximate surface area is 144 Å². The van der Waals surface area contributed by atoms with Gasteiger partial charge in [0, 0.05) is 11.6 Å². The smallest absolute Gasteiger partial charge is 0.273 e. The zero-order chi connectivity index (χ0) is 18.2. The van der Waals surface area contributed by atoms with E-state index in [1.54, 1.807) is 30.3 Å². The Kier molecular flexibility index (Phi) is 6.05. The van der Waals surface area contributed by atoms with Gasteiger partial charge in [0.15, 0.2) is 11.5 Å². The fraction of sp³-hybridized carbons (Fsp3) is 0.176. The summed E-state index contributed by atoms with van der Waals surface area (Å²) in [5.74, 6) is 0.670. The van der Waals surface area contributed by atoms with Gasteiger partial charge >= 0.3 is 0 Å². The first kappa shape index (κ1) is 17.9. The summed E-state index contributed by atoms with van der Waals surface area (Å²) in [5.41, 5.74) is 3.27. The second-order valence-electron chi connectivity index (χ2n) is 4.97. The summed E-state index contributed by atoms with van der Waals surface area (Å²) in [7, 11) is 3.06. The molecule has 0 heterocycles. The molecule has 25 heavy (non-hydrogen) atoms. The number of nitro groups is 1. The maximum Gasteiger partial charge on any atom is 0.273 e. The summed E-state index contributed by atoms with van der Waals surface area (Å²) in [4.78, 5) is 22.3. The van der Waals surface area contributed by atoms with Crippen LogP contribution in [-0.4, -0.2) is 31.3 Å². The number of carbonyl (C=O) groups is 1. The standard InChI is InChI=1S/C17H17N3O5/c1-24-15-8-7-12(9-16(15)25-2)11-18-19-17(21)10-13-5-3-4-6-14(13)20(22)23/h3-9,11H,10H2,1-2H3,(H,19,21). The van der Waals surface area contributed by atoms with Gasteiger partial charge < -0.3 is 9.47 Å². The Morgan fingerprint density at radius 1 is 1.20 bits per heavy atom. The highest BCUT2D eigenvalue weighted by Crippen LogP contribution is 2.26. The number of para-hydroxylation sites is 1. The molecule has 2 aromatic rings. The summed E-state index contributed by atoms with van der Waals surface area (Å²) in [6.07, 6.45) is 1.31. The maximum absolute atomic E-state index is 11.9. The van der Waals surface area contributed by atoms with E-state index in [1.807, 2.05) is 0 Å². The van der Waals surface area contributed by atoms with Gasteiger partial charge in [0.2, 0.25) is 5.91 Å². The van der Waals surface area contributed by atoms with E-state index in [0.29, 0.717) is 22.6 Å². The number of nitro benzene ring substituents is 1. The lowest BCUT2D eigenvalue weighted by Crippen LogP contribution is -2.20. The number of hydrogen-bond acceptors (Lipinski definition) is 6. The minimum Gasteiger partial charge on any atom is -0.493 e. The molecule has 0 atom stereocenters. The third-order valence-electron chi connectivity index (χ3n) is 3.35. The second-order valence-corrected chi connectivity index (χ2v) is 4.97. The molecule has 0 bridgehead atoms. The van der Waals surface area contributed by atoms with Gasteiger partial charge in [-0.15, -0.1) is 0 Å². The average molecular weight is 343 g/mol. The molecule has 0 aliphatic heterocycles. The van der Waals surface area contributed by atoms with E-state index in [0.717, 1.165) is 0 Å². The fourth-order valence-electron chi connectivity index (χ4n) is 2.16. The van der Waals surface area contributed by atoms with Crippen LogP contribution in [0.2, 0.25) is 0 Å². The monoisotopic (exact) mass is 343 g/mol. The van der Waals surface area contributed by atoms with Crippen molar-refractivity contribution in [3.05, 3.63) is 63.7 Å². The number of benzene rings is 2. The van der Waals surface area contributed by atoms with Crippen LogP contribution in [0.1, 0.15) is 11.1 Å². The van der Waals surface area contributed by atoms with E-state index >= 15 is 0 Å². The average Bonchev–Trinajstić information content (AvgIpc) is 2.61. The molecular formula is C17H17N3O5. The summed E-state index contributed by atoms with van der Waals surface area (Å²) in [6.45, 7) is 0. The van der Waals surface area contributed by atoms with Gasteiger partial charge in [-0.25, -0.2) is 5.43 Å². The number of nitrogens with one attached hydrogen (secondary N) is 1. The molecule has 8 nitrogen and oxygen atoms in total. The van der Waals surface area contributed by atoms with Crippen LogP contribution in [0.25, 0.3) is 0 Å². The molecule has 0 saturated carbocycles. The molecule has 0 unspecified atom stereocenters. The van der Waals surface area contributed by atoms with Gasteiger partial charge in [-0.05, 0) is 23.8 Å². The Bertz CT molecular complexity index is 805. The largest absolute Gasteiger partial charge is 0.493 e. The molecule has 1 N–H and O–H groups in total. The quantitative estimate of drug-likeness (QED) is 0.472. The van der Waals surface area contributed by atoms with Crippen LogP contribution in [0.5, 0.6) is 11.5 Å². The number of nitrogens with zero attached hydrogens (tertiary/aromatic N) is 2. The van der Waals surface area contributed by atoms with Crippen LogP contribution in [0.15, 0.2) is 47.6 Å². The van der Waals surface area contributed by atoms with Crippen molar-refractivity contribution in [2.24, 2.45) is 5.10 Å². The lowest BCUT2D eigenvalue weighted by molar-refractivity contribution is -0.385. The number of ether oxygens (including phenoxy) is 2. The minimum absolute atomic E-state index is 0.0958. The summed E-state index contributed by atoms with van der Waals surface area (Å²) in [5, 5.41) is 14.8. The highest BCUT2D eigenvalue weighted by atomic mass is 16.6. The maximum atomic E-state index is 11.9. The molecule has 2 aromatic carbocycles. The Hall–Kier alpha value is -3.42. The molecule has 0 fully saturated rings. The molecule has 0 aromatic heterocycles. The van der Waals surface area contributed by atoms with E-state index in [-0.39, 0.29) is 12.1 Å². The van der Waals surface area contributed by atoms with Gasteiger partial charge in [0.25, 0.3) is 5.69 Å². The van der Waals surface area contributed by atoms with Crippen molar-refractivity contribution < 1.29 is 19.2 Å². The van der Waals surface area contributed by atoms with E-state index < -0.39 is 10.8 Å². The molecule has 0 saturated heterocycles. The van der Waals surface area contributed by atoms with E-state index in [1.165, 1.54) is 32.6 Å². The summed E-state index contributed by atoms with van der Waals surface area (Å²) >= 11 is 0. The minimum atomic E-state index is -0.518. The second kappa shape index (κ2) is 8.44. The summed E-state index contributed by atoms with van der Waals surface area (Å²) in [6, 6.07) is 11.3. The Morgan fingerprint density at radius 2 is 1.92 bits per heavy atom. The van der Waals surface area contributed by atoms with Crippen LogP contribution in [0.4, 0.5) is 5.69 Å². The zero-order valence-corrected chi connectivity index (χ0v) is 13.8. The Morgan fingerprint density at radius 3 is 2.60 bits per heavy atom. The summed E-state index contributed by atoms with van der Waals surface area (Å²) < 4.78 is 10.3. The van der Waals surface area contributed by atoms with Crippen LogP contribution >= 0.6 is 0 Å². The van der Waals surface area contributed by atoms with Crippen molar-refractivity contribution in [1.82, 2.24) is 5.43 Å². The van der Waals surface area contributed by atoms with Crippen molar-refractivity contribution in [2.75, 3.05) is 14.2 Å². The molecule has 8 heteroatoms. The van der Waals surface area contributed by atoms with E-state index in [4.69, 9.17) is 9.47 Å². The first-order valence-corrected chi connectivity index (χ1v) is 7.31. The highest BCUT2D eigenvalue weighted by Gasteiger charge is 2.15. The lowest BCUT2D eigenvalue weighted by Gasteiger charge is -2.07. The Balaban J connectivity index is 2.01. The van der Waals surface area contributed by atoms with Crippen LogP contribution in [0.3, 0.4) is 0 Å². The van der Waals surface area contributed by atoms with Crippen molar-refractivity contribution in [3.63, 3.8) is 0 Å². The predicted octanol–water partition coefficient (Wildman–Crippen LogP) is 2.30. The molecule has 130 valence electrons. The SMILES string of the molecule is COc1ccc(C=NNC(=O)Cc2ccccc2[N+](=O)[O-])cc1OC. The van der Waals surface area contributed by atoms with Crippen molar-refractivity contribution >= 4 is 17.8 Å². The van der Waals surface area contributed by atoms with Crippen molar-refractivity contribution in [2.45, 2.75) is 6.42 Å². The van der Waals surface area contributed by atoms with E-state index in [2.05, 4.69) is 10.5 Å². The normalized spacial score (nSPS) is 10.5. The third kappa shape index (κ3) is 4.77. The highest BCUT2D eigenvalue weighted by molar-refractivity contribution is 5.84. The van der Waals surface area contributed by atoms with Gasteiger partial charge in [0.1, 0.15) is 0 Å². The van der Waals surface area contributed by atoms with Gasteiger partial charge in [-0.1, -0.05) is 18.2 Å². The number of methoxy groups -OCH3 is 2. The van der Waals surface area contributed by atoms with E-state index in [9.17, 15) is 14.9 Å². The van der Waals surface area contributed by atoms with Crippen molar-refractivity contribution in [3.8, 4) is 11.5 Å². The number of hydrazone groups is 1. The van der Waals surface area contributed by atoms with Gasteiger partial charge in [0.05, 0.1) is 31.8 Å². The molecule has 0 aliphatic carbocycles. The molecule has 1 amide bonds. The molecule has 2 rings (SSSR count). The number of carbonyl (C=O) groups excluding carboxylic acids is 1. The lowest BCUT2D eigenvalue weighted by atomic mass is 10.1. The van der Waals surface area contributed by atoms with Crippen LogP contribution in [-0.2, 0) is 11.2 Å². The number of rotatable bonds is 7. The number of amides is 1. The van der Waals surface area contributed by atoms with Crippen LogP contribution < -0.4 is 14.9 Å². The first-order valence-electron chi connectivity index (χ1n) is 7.31. The fourth-order valence-corrected chi connectivity index (χ4v) is 2.16. The molecule has 0 aliphatic rings. The van der Waals surface area contributed by atoms with Crippen LogP contribution in [0, 0.1) is 10.1 Å².